The summed E-state index contributed by atoms with van der Waals surface area (Å²) >= 11 is 11.7. The number of H-pyrrole nitrogens is 1. The van der Waals surface area contributed by atoms with Crippen molar-refractivity contribution in [2.45, 2.75) is 13.5 Å². The fourth-order valence-electron chi connectivity index (χ4n) is 2.52. The Kier molecular flexibility index (Phi) is 4.42. The molecule has 1 fully saturated rings. The van der Waals surface area contributed by atoms with Crippen molar-refractivity contribution < 1.29 is 9.32 Å². The summed E-state index contributed by atoms with van der Waals surface area (Å²) in [6.07, 6.45) is 0. The van der Waals surface area contributed by atoms with E-state index in [0.29, 0.717) is 29.0 Å². The van der Waals surface area contributed by atoms with Crippen molar-refractivity contribution in [2.75, 3.05) is 26.2 Å². The van der Waals surface area contributed by atoms with Crippen LogP contribution in [0.4, 0.5) is 0 Å². The summed E-state index contributed by atoms with van der Waals surface area (Å²) in [5.74, 6) is 0.732. The number of aromatic nitrogens is 2. The number of amides is 1. The van der Waals surface area contributed by atoms with Gasteiger partial charge in [-0.25, -0.2) is 0 Å². The first-order chi connectivity index (χ1) is 10.5. The molecular weight excluding hydrogens is 327 g/mol. The van der Waals surface area contributed by atoms with Crippen LogP contribution in [-0.2, 0) is 6.54 Å². The molecule has 1 N–H and O–H groups in total. The highest BCUT2D eigenvalue weighted by molar-refractivity contribution is 6.41. The van der Waals surface area contributed by atoms with Gasteiger partial charge in [0.05, 0.1) is 10.7 Å². The van der Waals surface area contributed by atoms with Gasteiger partial charge in [-0.15, -0.1) is 0 Å². The lowest BCUT2D eigenvalue weighted by molar-refractivity contribution is 0.0620. The molecule has 1 amide bonds. The first kappa shape index (κ1) is 15.4. The molecule has 1 aliphatic rings. The summed E-state index contributed by atoms with van der Waals surface area (Å²) in [6.45, 7) is 5.51. The van der Waals surface area contributed by atoms with Crippen LogP contribution in [0, 0.1) is 6.92 Å². The molecule has 0 radical (unpaired) electrons. The first-order valence-corrected chi connectivity index (χ1v) is 7.76. The first-order valence-electron chi connectivity index (χ1n) is 7.01. The molecule has 6 nitrogen and oxygen atoms in total. The summed E-state index contributed by atoms with van der Waals surface area (Å²) in [6, 6.07) is 3.50. The quantitative estimate of drug-likeness (QED) is 0.930. The number of carbonyl (C=O) groups is 1. The van der Waals surface area contributed by atoms with Gasteiger partial charge in [-0.05, 0) is 13.0 Å². The Morgan fingerprint density at radius 3 is 2.59 bits per heavy atom. The highest BCUT2D eigenvalue weighted by atomic mass is 35.5. The summed E-state index contributed by atoms with van der Waals surface area (Å²) in [7, 11) is 0. The van der Waals surface area contributed by atoms with E-state index in [1.54, 1.807) is 11.0 Å². The lowest BCUT2D eigenvalue weighted by Crippen LogP contribution is -2.48. The van der Waals surface area contributed by atoms with Crippen molar-refractivity contribution in [1.82, 2.24) is 19.9 Å². The Morgan fingerprint density at radius 1 is 1.32 bits per heavy atom. The Labute approximate surface area is 137 Å². The third-order valence-corrected chi connectivity index (χ3v) is 4.37. The normalized spacial score (nSPS) is 16.2. The van der Waals surface area contributed by atoms with Gasteiger partial charge in [0.1, 0.15) is 16.6 Å². The zero-order valence-electron chi connectivity index (χ0n) is 12.1. The van der Waals surface area contributed by atoms with E-state index >= 15 is 0 Å². The fraction of sp³-hybridized carbons (Fsp3) is 0.429. The minimum atomic E-state index is -0.0780. The second kappa shape index (κ2) is 6.32. The third-order valence-electron chi connectivity index (χ3n) is 3.68. The van der Waals surface area contributed by atoms with Crippen molar-refractivity contribution in [3.8, 4) is 0 Å². The van der Waals surface area contributed by atoms with Crippen LogP contribution in [0.1, 0.15) is 21.9 Å². The summed E-state index contributed by atoms with van der Waals surface area (Å²) in [5.41, 5.74) is 1.34. The number of nitrogens with zero attached hydrogens (tertiary/aromatic N) is 3. The molecule has 1 saturated heterocycles. The molecule has 22 heavy (non-hydrogen) atoms. The SMILES string of the molecule is Cc1cc(CN2CCN(C(=O)c3cc(Cl)c(Cl)[nH]3)CC2)no1. The topological polar surface area (TPSA) is 65.4 Å². The van der Waals surface area contributed by atoms with Crippen LogP contribution >= 0.6 is 23.2 Å². The van der Waals surface area contributed by atoms with Crippen molar-refractivity contribution in [2.24, 2.45) is 0 Å². The smallest absolute Gasteiger partial charge is 0.270 e. The average Bonchev–Trinajstić information content (AvgIpc) is 3.05. The molecule has 0 unspecified atom stereocenters. The average molecular weight is 343 g/mol. The molecule has 0 atom stereocenters. The Bertz CT molecular complexity index is 655. The monoisotopic (exact) mass is 342 g/mol. The van der Waals surface area contributed by atoms with Crippen LogP contribution in [0.2, 0.25) is 10.2 Å². The predicted octanol–water partition coefficient (Wildman–Crippen LogP) is 2.58. The maximum atomic E-state index is 12.4. The van der Waals surface area contributed by atoms with Crippen LogP contribution in [0.15, 0.2) is 16.7 Å². The molecule has 0 bridgehead atoms. The van der Waals surface area contributed by atoms with E-state index < -0.39 is 0 Å². The lowest BCUT2D eigenvalue weighted by atomic mass is 10.2. The Balaban J connectivity index is 1.56. The predicted molar refractivity (Wildman–Crippen MR) is 83.2 cm³/mol. The van der Waals surface area contributed by atoms with E-state index in [0.717, 1.165) is 31.1 Å². The number of hydrogen-bond donors (Lipinski definition) is 1. The Morgan fingerprint density at radius 2 is 2.05 bits per heavy atom. The molecule has 0 aromatic carbocycles. The molecule has 3 heterocycles. The van der Waals surface area contributed by atoms with Crippen LogP contribution in [0.3, 0.4) is 0 Å². The van der Waals surface area contributed by atoms with E-state index in [2.05, 4.69) is 15.0 Å². The van der Waals surface area contributed by atoms with Crippen molar-refractivity contribution in [1.29, 1.82) is 0 Å². The molecule has 2 aromatic rings. The minimum Gasteiger partial charge on any atom is -0.361 e. The second-order valence-corrected chi connectivity index (χ2v) is 6.13. The number of hydrogen-bond acceptors (Lipinski definition) is 4. The van der Waals surface area contributed by atoms with Crippen molar-refractivity contribution in [3.63, 3.8) is 0 Å². The number of halogens is 2. The lowest BCUT2D eigenvalue weighted by Gasteiger charge is -2.34. The third kappa shape index (κ3) is 3.29. The van der Waals surface area contributed by atoms with Gasteiger partial charge < -0.3 is 14.4 Å². The molecule has 0 spiro atoms. The molecule has 0 saturated carbocycles. The zero-order valence-corrected chi connectivity index (χ0v) is 13.6. The van der Waals surface area contributed by atoms with Gasteiger partial charge >= 0.3 is 0 Å². The van der Waals surface area contributed by atoms with Gasteiger partial charge in [-0.3, -0.25) is 9.69 Å². The molecular formula is C14H16Cl2N4O2. The number of aromatic amines is 1. The molecule has 118 valence electrons. The van der Waals surface area contributed by atoms with Crippen LogP contribution in [0.25, 0.3) is 0 Å². The standard InChI is InChI=1S/C14H16Cl2N4O2/c1-9-6-10(18-22-9)8-19-2-4-20(5-3-19)14(21)12-7-11(15)13(16)17-12/h6-7,17H,2-5,8H2,1H3. The maximum Gasteiger partial charge on any atom is 0.270 e. The maximum absolute atomic E-state index is 12.4. The van der Waals surface area contributed by atoms with E-state index in [1.165, 1.54) is 0 Å². The molecule has 2 aromatic heterocycles. The van der Waals surface area contributed by atoms with Gasteiger partial charge in [0.25, 0.3) is 5.91 Å². The van der Waals surface area contributed by atoms with Gasteiger partial charge in [0, 0.05) is 38.8 Å². The molecule has 3 rings (SSSR count). The second-order valence-electron chi connectivity index (χ2n) is 5.34. The number of piperazine rings is 1. The Hall–Kier alpha value is -1.50. The van der Waals surface area contributed by atoms with E-state index in [4.69, 9.17) is 27.7 Å². The van der Waals surface area contributed by atoms with Gasteiger partial charge in [0.2, 0.25) is 0 Å². The zero-order chi connectivity index (χ0) is 15.7. The number of rotatable bonds is 3. The fourth-order valence-corrected chi connectivity index (χ4v) is 2.83. The van der Waals surface area contributed by atoms with Gasteiger partial charge in [0.15, 0.2) is 0 Å². The molecule has 8 heteroatoms. The summed E-state index contributed by atoms with van der Waals surface area (Å²) in [5, 5.41) is 4.65. The van der Waals surface area contributed by atoms with Gasteiger partial charge in [-0.1, -0.05) is 28.4 Å². The minimum absolute atomic E-state index is 0.0780. The van der Waals surface area contributed by atoms with Gasteiger partial charge in [-0.2, -0.15) is 0 Å². The summed E-state index contributed by atoms with van der Waals surface area (Å²) < 4.78 is 5.07. The highest BCUT2D eigenvalue weighted by Gasteiger charge is 2.24. The van der Waals surface area contributed by atoms with Crippen molar-refractivity contribution in [3.05, 3.63) is 39.5 Å². The van der Waals surface area contributed by atoms with Crippen LogP contribution in [-0.4, -0.2) is 52.0 Å². The largest absolute Gasteiger partial charge is 0.361 e. The van der Waals surface area contributed by atoms with Crippen molar-refractivity contribution >= 4 is 29.1 Å². The van der Waals surface area contributed by atoms with E-state index in [1.807, 2.05) is 13.0 Å². The number of nitrogens with one attached hydrogen (secondary N) is 1. The molecule has 1 aliphatic heterocycles. The number of aryl methyl sites for hydroxylation is 1. The van der Waals surface area contributed by atoms with E-state index in [-0.39, 0.29) is 5.91 Å². The highest BCUT2D eigenvalue weighted by Crippen LogP contribution is 2.23. The van der Waals surface area contributed by atoms with E-state index in [9.17, 15) is 4.79 Å². The van der Waals surface area contributed by atoms with Crippen LogP contribution < -0.4 is 0 Å². The molecule has 0 aliphatic carbocycles. The number of carbonyl (C=O) groups excluding carboxylic acids is 1. The summed E-state index contributed by atoms with van der Waals surface area (Å²) in [4.78, 5) is 19.2. The van der Waals surface area contributed by atoms with Crippen LogP contribution in [0.5, 0.6) is 0 Å².